The first-order chi connectivity index (χ1) is 9.79. The molecule has 1 amide bonds. The van der Waals surface area contributed by atoms with E-state index in [1.165, 1.54) is 0 Å². The summed E-state index contributed by atoms with van der Waals surface area (Å²) in [6.07, 6.45) is 0.338. The van der Waals surface area contributed by atoms with Gasteiger partial charge in [-0.2, -0.15) is 11.3 Å². The average Bonchev–Trinajstić information content (AvgIpc) is 2.97. The maximum Gasteiger partial charge on any atom is 0.224 e. The van der Waals surface area contributed by atoms with Crippen molar-refractivity contribution in [1.82, 2.24) is 5.32 Å². The maximum atomic E-state index is 11.9. The fourth-order valence-corrected chi connectivity index (χ4v) is 2.66. The SMILES string of the molecule is CCO[C@@H](CNC(=O)Cc1ccsc1)c1ccccc1. The molecule has 1 heterocycles. The summed E-state index contributed by atoms with van der Waals surface area (Å²) in [7, 11) is 0. The minimum atomic E-state index is -0.0902. The second-order valence-corrected chi connectivity index (χ2v) is 5.25. The lowest BCUT2D eigenvalue weighted by molar-refractivity contribution is -0.121. The largest absolute Gasteiger partial charge is 0.372 e. The van der Waals surface area contributed by atoms with E-state index in [0.29, 0.717) is 19.6 Å². The normalized spacial score (nSPS) is 12.1. The van der Waals surface area contributed by atoms with Gasteiger partial charge >= 0.3 is 0 Å². The lowest BCUT2D eigenvalue weighted by atomic mass is 10.1. The van der Waals surface area contributed by atoms with Gasteiger partial charge in [0.25, 0.3) is 0 Å². The number of nitrogens with one attached hydrogen (secondary N) is 1. The Morgan fingerprint density at radius 3 is 2.75 bits per heavy atom. The highest BCUT2D eigenvalue weighted by Crippen LogP contribution is 2.16. The molecule has 0 aliphatic carbocycles. The predicted octanol–water partition coefficient (Wildman–Crippen LogP) is 3.18. The van der Waals surface area contributed by atoms with Gasteiger partial charge in [-0.3, -0.25) is 4.79 Å². The molecule has 4 heteroatoms. The molecule has 3 nitrogen and oxygen atoms in total. The van der Waals surface area contributed by atoms with Crippen LogP contribution in [0, 0.1) is 0 Å². The first-order valence-electron chi connectivity index (χ1n) is 6.74. The third kappa shape index (κ3) is 4.47. The van der Waals surface area contributed by atoms with Crippen LogP contribution in [0.4, 0.5) is 0 Å². The van der Waals surface area contributed by atoms with E-state index in [-0.39, 0.29) is 12.0 Å². The highest BCUT2D eigenvalue weighted by Gasteiger charge is 2.12. The van der Waals surface area contributed by atoms with Gasteiger partial charge < -0.3 is 10.1 Å². The molecule has 0 aliphatic heterocycles. The summed E-state index contributed by atoms with van der Waals surface area (Å²) in [6.45, 7) is 3.09. The van der Waals surface area contributed by atoms with Crippen LogP contribution in [0.15, 0.2) is 47.2 Å². The van der Waals surface area contributed by atoms with Crippen LogP contribution in [0.3, 0.4) is 0 Å². The standard InChI is InChI=1S/C16H19NO2S/c1-2-19-15(14-6-4-3-5-7-14)11-17-16(18)10-13-8-9-20-12-13/h3-9,12,15H,2,10-11H2,1H3,(H,17,18)/t15-/m0/s1. The van der Waals surface area contributed by atoms with Crippen molar-refractivity contribution in [3.05, 3.63) is 58.3 Å². The van der Waals surface area contributed by atoms with Gasteiger partial charge in [-0.25, -0.2) is 0 Å². The van der Waals surface area contributed by atoms with E-state index in [1.54, 1.807) is 11.3 Å². The van der Waals surface area contributed by atoms with Crippen LogP contribution in [0.2, 0.25) is 0 Å². The zero-order chi connectivity index (χ0) is 14.2. The van der Waals surface area contributed by atoms with Gasteiger partial charge in [0.2, 0.25) is 5.91 Å². The number of hydrogen-bond donors (Lipinski definition) is 1. The van der Waals surface area contributed by atoms with Gasteiger partial charge in [-0.1, -0.05) is 30.3 Å². The lowest BCUT2D eigenvalue weighted by Crippen LogP contribution is -2.30. The van der Waals surface area contributed by atoms with E-state index >= 15 is 0 Å². The molecule has 0 saturated carbocycles. The molecular weight excluding hydrogens is 270 g/mol. The molecule has 1 aromatic heterocycles. The van der Waals surface area contributed by atoms with Crippen molar-refractivity contribution in [3.63, 3.8) is 0 Å². The van der Waals surface area contributed by atoms with Crippen molar-refractivity contribution in [1.29, 1.82) is 0 Å². The molecule has 0 fully saturated rings. The van der Waals surface area contributed by atoms with E-state index < -0.39 is 0 Å². The molecule has 106 valence electrons. The van der Waals surface area contributed by atoms with Crippen LogP contribution < -0.4 is 5.32 Å². The number of benzene rings is 1. The Labute approximate surface area is 123 Å². The van der Waals surface area contributed by atoms with Crippen molar-refractivity contribution in [2.75, 3.05) is 13.2 Å². The van der Waals surface area contributed by atoms with Crippen LogP contribution in [0.1, 0.15) is 24.2 Å². The molecule has 20 heavy (non-hydrogen) atoms. The van der Waals surface area contributed by atoms with Gasteiger partial charge in [0.05, 0.1) is 12.5 Å². The Balaban J connectivity index is 1.87. The first kappa shape index (κ1) is 14.8. The molecule has 1 aromatic carbocycles. The summed E-state index contributed by atoms with van der Waals surface area (Å²) in [5, 5.41) is 6.92. The first-order valence-corrected chi connectivity index (χ1v) is 7.68. The maximum absolute atomic E-state index is 11.9. The Kier molecular flexibility index (Phi) is 5.77. The monoisotopic (exact) mass is 289 g/mol. The second kappa shape index (κ2) is 7.82. The molecule has 1 atom stereocenters. The van der Waals surface area contributed by atoms with E-state index in [1.807, 2.05) is 54.1 Å². The van der Waals surface area contributed by atoms with Crippen molar-refractivity contribution in [2.24, 2.45) is 0 Å². The minimum absolute atomic E-state index is 0.0315. The van der Waals surface area contributed by atoms with Gasteiger partial charge in [0.15, 0.2) is 0 Å². The topological polar surface area (TPSA) is 38.3 Å². The lowest BCUT2D eigenvalue weighted by Gasteiger charge is -2.18. The molecule has 0 unspecified atom stereocenters. The van der Waals surface area contributed by atoms with E-state index in [9.17, 15) is 4.79 Å². The molecule has 0 saturated heterocycles. The molecule has 0 aliphatic rings. The van der Waals surface area contributed by atoms with Gasteiger partial charge in [0.1, 0.15) is 0 Å². The molecular formula is C16H19NO2S. The highest BCUT2D eigenvalue weighted by atomic mass is 32.1. The van der Waals surface area contributed by atoms with E-state index in [2.05, 4.69) is 5.32 Å². The molecule has 0 spiro atoms. The summed E-state index contributed by atoms with van der Waals surface area (Å²) >= 11 is 1.61. The van der Waals surface area contributed by atoms with Gasteiger partial charge in [-0.05, 0) is 34.9 Å². The van der Waals surface area contributed by atoms with Crippen molar-refractivity contribution >= 4 is 17.2 Å². The summed E-state index contributed by atoms with van der Waals surface area (Å²) in [6, 6.07) is 11.9. The number of ether oxygens (including phenoxy) is 1. The van der Waals surface area contributed by atoms with Crippen LogP contribution >= 0.6 is 11.3 Å². The minimum Gasteiger partial charge on any atom is -0.372 e. The number of amides is 1. The number of rotatable bonds is 7. The Morgan fingerprint density at radius 2 is 2.10 bits per heavy atom. The second-order valence-electron chi connectivity index (χ2n) is 4.47. The summed E-state index contributed by atoms with van der Waals surface area (Å²) in [5.41, 5.74) is 2.14. The molecule has 2 aromatic rings. The molecule has 0 bridgehead atoms. The van der Waals surface area contributed by atoms with E-state index in [4.69, 9.17) is 4.74 Å². The predicted molar refractivity (Wildman–Crippen MR) is 81.8 cm³/mol. The van der Waals surface area contributed by atoms with Crippen LogP contribution in [-0.2, 0) is 16.0 Å². The number of carbonyl (C=O) groups excluding carboxylic acids is 1. The van der Waals surface area contributed by atoms with Crippen LogP contribution in [0.5, 0.6) is 0 Å². The smallest absolute Gasteiger partial charge is 0.224 e. The number of carbonyl (C=O) groups is 1. The summed E-state index contributed by atoms with van der Waals surface area (Å²) < 4.78 is 5.70. The van der Waals surface area contributed by atoms with E-state index in [0.717, 1.165) is 11.1 Å². The molecule has 2 rings (SSSR count). The quantitative estimate of drug-likeness (QED) is 0.850. The fraction of sp³-hybridized carbons (Fsp3) is 0.312. The Hall–Kier alpha value is -1.65. The zero-order valence-corrected chi connectivity index (χ0v) is 12.4. The van der Waals surface area contributed by atoms with Crippen molar-refractivity contribution in [3.8, 4) is 0 Å². The average molecular weight is 289 g/mol. The fourth-order valence-electron chi connectivity index (χ4n) is 1.99. The van der Waals surface area contributed by atoms with Gasteiger partial charge in [0, 0.05) is 13.2 Å². The van der Waals surface area contributed by atoms with Gasteiger partial charge in [-0.15, -0.1) is 0 Å². The molecule has 1 N–H and O–H groups in total. The third-order valence-corrected chi connectivity index (χ3v) is 3.70. The summed E-state index contributed by atoms with van der Waals surface area (Å²) in [5.74, 6) is 0.0315. The van der Waals surface area contributed by atoms with Crippen molar-refractivity contribution in [2.45, 2.75) is 19.4 Å². The molecule has 0 radical (unpaired) electrons. The van der Waals surface area contributed by atoms with Crippen LogP contribution in [0.25, 0.3) is 0 Å². The number of hydrogen-bond acceptors (Lipinski definition) is 3. The highest BCUT2D eigenvalue weighted by molar-refractivity contribution is 7.07. The number of thiophene rings is 1. The Bertz CT molecular complexity index is 511. The Morgan fingerprint density at radius 1 is 1.30 bits per heavy atom. The summed E-state index contributed by atoms with van der Waals surface area (Å²) in [4.78, 5) is 11.9. The van der Waals surface area contributed by atoms with Crippen LogP contribution in [-0.4, -0.2) is 19.1 Å². The third-order valence-electron chi connectivity index (χ3n) is 2.97. The van der Waals surface area contributed by atoms with Crippen molar-refractivity contribution < 1.29 is 9.53 Å². The zero-order valence-electron chi connectivity index (χ0n) is 11.5.